The fraction of sp³-hybridized carbons (Fsp3) is 0.467. The van der Waals surface area contributed by atoms with E-state index in [4.69, 9.17) is 0 Å². The maximum atomic E-state index is 11.9. The molecule has 3 heterocycles. The molecule has 0 spiro atoms. The van der Waals surface area contributed by atoms with Gasteiger partial charge in [-0.05, 0) is 31.9 Å². The fourth-order valence-electron chi connectivity index (χ4n) is 2.48. The molecule has 5 nitrogen and oxygen atoms in total. The first kappa shape index (κ1) is 15.6. The molecule has 2 aromatic rings. The van der Waals surface area contributed by atoms with Crippen molar-refractivity contribution in [3.63, 3.8) is 0 Å². The molecule has 1 aliphatic heterocycles. The summed E-state index contributed by atoms with van der Waals surface area (Å²) in [6.07, 6.45) is 0.907. The van der Waals surface area contributed by atoms with Gasteiger partial charge >= 0.3 is 0 Å². The number of hydrogen-bond donors (Lipinski definition) is 3. The molecular weight excluding hydrogens is 318 g/mol. The van der Waals surface area contributed by atoms with E-state index in [2.05, 4.69) is 33.1 Å². The summed E-state index contributed by atoms with van der Waals surface area (Å²) in [4.78, 5) is 18.8. The Balaban J connectivity index is 1.48. The van der Waals surface area contributed by atoms with Gasteiger partial charge in [0.2, 0.25) is 5.91 Å². The van der Waals surface area contributed by atoms with E-state index in [1.165, 1.54) is 9.75 Å². The second-order valence-electron chi connectivity index (χ2n) is 5.41. The number of nitrogens with zero attached hydrogens (tertiary/aromatic N) is 1. The molecular formula is C15H19N3O2S2. The van der Waals surface area contributed by atoms with Crippen molar-refractivity contribution < 1.29 is 9.90 Å². The van der Waals surface area contributed by atoms with Crippen molar-refractivity contribution >= 4 is 28.6 Å². The van der Waals surface area contributed by atoms with Crippen molar-refractivity contribution in [1.82, 2.24) is 15.6 Å². The minimum absolute atomic E-state index is 0.0246. The van der Waals surface area contributed by atoms with Crippen molar-refractivity contribution in [2.24, 2.45) is 0 Å². The van der Waals surface area contributed by atoms with Crippen LogP contribution in [0.3, 0.4) is 0 Å². The van der Waals surface area contributed by atoms with Gasteiger partial charge in [0, 0.05) is 23.3 Å². The Labute approximate surface area is 137 Å². The lowest BCUT2D eigenvalue weighted by molar-refractivity contribution is -0.122. The summed E-state index contributed by atoms with van der Waals surface area (Å²) in [7, 11) is 0. The summed E-state index contributed by atoms with van der Waals surface area (Å²) in [5.74, 6) is -0.0246. The minimum atomic E-state index is -0.405. The predicted molar refractivity (Wildman–Crippen MR) is 89.3 cm³/mol. The van der Waals surface area contributed by atoms with Crippen LogP contribution in [0.5, 0.6) is 0 Å². The molecule has 3 N–H and O–H groups in total. The molecule has 0 bridgehead atoms. The van der Waals surface area contributed by atoms with Crippen LogP contribution in [0.2, 0.25) is 0 Å². The molecule has 118 valence electrons. The highest BCUT2D eigenvalue weighted by molar-refractivity contribution is 7.16. The zero-order valence-corrected chi connectivity index (χ0v) is 14.0. The Kier molecular flexibility index (Phi) is 4.87. The van der Waals surface area contributed by atoms with Crippen LogP contribution in [0, 0.1) is 6.92 Å². The number of rotatable bonds is 5. The van der Waals surface area contributed by atoms with Gasteiger partial charge in [-0.25, -0.2) is 4.98 Å². The SMILES string of the molecule is Cc1nc(-c2ccc(CCNC(=O)C3CC(O)CN3)s2)cs1. The number of amides is 1. The second kappa shape index (κ2) is 6.87. The molecule has 2 unspecified atom stereocenters. The second-order valence-corrected chi connectivity index (χ2v) is 7.64. The largest absolute Gasteiger partial charge is 0.392 e. The first-order valence-electron chi connectivity index (χ1n) is 7.32. The Morgan fingerprint density at radius 3 is 3.09 bits per heavy atom. The molecule has 2 aromatic heterocycles. The molecule has 0 radical (unpaired) electrons. The number of aliphatic hydroxyl groups is 1. The molecule has 1 saturated heterocycles. The van der Waals surface area contributed by atoms with Crippen LogP contribution >= 0.6 is 22.7 Å². The molecule has 7 heteroatoms. The van der Waals surface area contributed by atoms with E-state index in [9.17, 15) is 9.90 Å². The van der Waals surface area contributed by atoms with Gasteiger partial charge < -0.3 is 15.7 Å². The Bertz CT molecular complexity index is 653. The predicted octanol–water partition coefficient (Wildman–Crippen LogP) is 1.56. The van der Waals surface area contributed by atoms with Crippen LogP contribution < -0.4 is 10.6 Å². The number of aromatic nitrogens is 1. The Hall–Kier alpha value is -1.28. The van der Waals surface area contributed by atoms with Gasteiger partial charge in [-0.15, -0.1) is 22.7 Å². The van der Waals surface area contributed by atoms with Crippen molar-refractivity contribution in [2.75, 3.05) is 13.1 Å². The van der Waals surface area contributed by atoms with Gasteiger partial charge in [-0.3, -0.25) is 4.79 Å². The number of hydrogen-bond acceptors (Lipinski definition) is 6. The van der Waals surface area contributed by atoms with Crippen LogP contribution in [-0.4, -0.2) is 41.2 Å². The average Bonchev–Trinajstić information content (AvgIpc) is 3.19. The van der Waals surface area contributed by atoms with Crippen LogP contribution in [0.1, 0.15) is 16.3 Å². The lowest BCUT2D eigenvalue weighted by atomic mass is 10.2. The van der Waals surface area contributed by atoms with E-state index in [-0.39, 0.29) is 11.9 Å². The fourth-order valence-corrected chi connectivity index (χ4v) is 4.13. The maximum absolute atomic E-state index is 11.9. The van der Waals surface area contributed by atoms with Gasteiger partial charge in [0.05, 0.1) is 27.7 Å². The lowest BCUT2D eigenvalue weighted by Crippen LogP contribution is -2.41. The molecule has 3 rings (SSSR count). The average molecular weight is 337 g/mol. The quantitative estimate of drug-likeness (QED) is 0.774. The number of β-amino-alcohol motifs (C(OH)–C–C–N with tert-alkyl or cyclic N) is 1. The van der Waals surface area contributed by atoms with Crippen molar-refractivity contribution in [3.8, 4) is 10.6 Å². The summed E-state index contributed by atoms with van der Waals surface area (Å²) >= 11 is 3.38. The summed E-state index contributed by atoms with van der Waals surface area (Å²) in [6.45, 7) is 3.12. The highest BCUT2D eigenvalue weighted by Crippen LogP contribution is 2.29. The first-order chi connectivity index (χ1) is 10.6. The zero-order chi connectivity index (χ0) is 15.5. The third-order valence-electron chi connectivity index (χ3n) is 3.63. The summed E-state index contributed by atoms with van der Waals surface area (Å²) in [5.41, 5.74) is 1.03. The van der Waals surface area contributed by atoms with Crippen LogP contribution in [-0.2, 0) is 11.2 Å². The van der Waals surface area contributed by atoms with Crippen LogP contribution in [0.25, 0.3) is 10.6 Å². The monoisotopic (exact) mass is 337 g/mol. The number of carbonyl (C=O) groups excluding carboxylic acids is 1. The van der Waals surface area contributed by atoms with E-state index in [0.29, 0.717) is 19.5 Å². The summed E-state index contributed by atoms with van der Waals surface area (Å²) in [6, 6.07) is 3.93. The van der Waals surface area contributed by atoms with E-state index in [1.807, 2.05) is 6.92 Å². The molecule has 1 aliphatic rings. The summed E-state index contributed by atoms with van der Waals surface area (Å²) < 4.78 is 0. The van der Waals surface area contributed by atoms with E-state index in [0.717, 1.165) is 17.1 Å². The zero-order valence-electron chi connectivity index (χ0n) is 12.3. The Morgan fingerprint density at radius 1 is 1.55 bits per heavy atom. The molecule has 0 aromatic carbocycles. The minimum Gasteiger partial charge on any atom is -0.392 e. The normalized spacial score (nSPS) is 21.2. The number of aryl methyl sites for hydroxylation is 1. The topological polar surface area (TPSA) is 74.2 Å². The third-order valence-corrected chi connectivity index (χ3v) is 5.57. The molecule has 2 atom stereocenters. The van der Waals surface area contributed by atoms with Crippen LogP contribution in [0.4, 0.5) is 0 Å². The summed E-state index contributed by atoms with van der Waals surface area (Å²) in [5, 5.41) is 18.5. The standard InChI is InChI=1S/C15H19N3O2S2/c1-9-18-13(8-21-9)14-3-2-11(22-14)4-5-16-15(20)12-6-10(19)7-17-12/h2-3,8,10,12,17,19H,4-7H2,1H3,(H,16,20). The van der Waals surface area contributed by atoms with E-state index >= 15 is 0 Å². The van der Waals surface area contributed by atoms with Crippen molar-refractivity contribution in [1.29, 1.82) is 0 Å². The highest BCUT2D eigenvalue weighted by Gasteiger charge is 2.27. The van der Waals surface area contributed by atoms with Crippen LogP contribution in [0.15, 0.2) is 17.5 Å². The lowest BCUT2D eigenvalue weighted by Gasteiger charge is -2.10. The molecule has 1 fully saturated rings. The highest BCUT2D eigenvalue weighted by atomic mass is 32.1. The number of aliphatic hydroxyl groups excluding tert-OH is 1. The van der Waals surface area contributed by atoms with Gasteiger partial charge in [0.1, 0.15) is 0 Å². The Morgan fingerprint density at radius 2 is 2.41 bits per heavy atom. The molecule has 0 aliphatic carbocycles. The number of nitrogens with one attached hydrogen (secondary N) is 2. The number of thiophene rings is 1. The first-order valence-corrected chi connectivity index (χ1v) is 9.02. The van der Waals surface area contributed by atoms with Crippen molar-refractivity contribution in [3.05, 3.63) is 27.4 Å². The van der Waals surface area contributed by atoms with Gasteiger partial charge in [-0.2, -0.15) is 0 Å². The van der Waals surface area contributed by atoms with Gasteiger partial charge in [-0.1, -0.05) is 0 Å². The number of carbonyl (C=O) groups is 1. The van der Waals surface area contributed by atoms with Gasteiger partial charge in [0.25, 0.3) is 0 Å². The molecule has 1 amide bonds. The van der Waals surface area contributed by atoms with Crippen molar-refractivity contribution in [2.45, 2.75) is 31.9 Å². The number of thiazole rings is 1. The maximum Gasteiger partial charge on any atom is 0.237 e. The van der Waals surface area contributed by atoms with E-state index in [1.54, 1.807) is 22.7 Å². The third kappa shape index (κ3) is 3.73. The van der Waals surface area contributed by atoms with E-state index < -0.39 is 6.10 Å². The molecule has 0 saturated carbocycles. The smallest absolute Gasteiger partial charge is 0.237 e. The molecule has 22 heavy (non-hydrogen) atoms. The van der Waals surface area contributed by atoms with Gasteiger partial charge in [0.15, 0.2) is 0 Å².